The number of nitrogens with zero attached hydrogens (tertiary/aromatic N) is 1. The minimum Gasteiger partial charge on any atom is -0.497 e. The molecule has 0 unspecified atom stereocenters. The second-order valence-electron chi connectivity index (χ2n) is 5.79. The fraction of sp³-hybridized carbons (Fsp3) is 0.294. The molecular formula is C17H20N2O3. The van der Waals surface area contributed by atoms with Gasteiger partial charge in [0, 0.05) is 6.20 Å². The molecule has 2 rings (SSSR count). The highest BCUT2D eigenvalue weighted by molar-refractivity contribution is 5.84. The molecule has 5 heteroatoms. The van der Waals surface area contributed by atoms with Gasteiger partial charge in [-0.1, -0.05) is 12.1 Å². The fourth-order valence-corrected chi connectivity index (χ4v) is 1.89. The quantitative estimate of drug-likeness (QED) is 0.927. The summed E-state index contributed by atoms with van der Waals surface area (Å²) in [7, 11) is 1.63. The Labute approximate surface area is 130 Å². The van der Waals surface area contributed by atoms with E-state index in [1.807, 2.05) is 51.1 Å². The van der Waals surface area contributed by atoms with Crippen molar-refractivity contribution >= 4 is 11.9 Å². The van der Waals surface area contributed by atoms with Gasteiger partial charge in [0.05, 0.1) is 7.11 Å². The maximum absolute atomic E-state index is 11.8. The lowest BCUT2D eigenvalue weighted by molar-refractivity contribution is 0.0635. The van der Waals surface area contributed by atoms with Crippen molar-refractivity contribution in [2.75, 3.05) is 12.4 Å². The smallest absolute Gasteiger partial charge is 0.413 e. The molecule has 0 bridgehead atoms. The van der Waals surface area contributed by atoms with Crippen molar-refractivity contribution < 1.29 is 14.3 Å². The van der Waals surface area contributed by atoms with Crippen LogP contribution in [-0.4, -0.2) is 23.8 Å². The van der Waals surface area contributed by atoms with Crippen molar-refractivity contribution in [2.24, 2.45) is 0 Å². The molecule has 22 heavy (non-hydrogen) atoms. The molecule has 1 heterocycles. The first-order chi connectivity index (χ1) is 10.4. The molecule has 0 spiro atoms. The standard InChI is InChI=1S/C17H20N2O3/c1-17(2,3)22-16(20)19-15-11-13(8-9-18-15)12-6-5-7-14(10-12)21-4/h5-11H,1-4H3,(H,18,19,20). The molecule has 2 aromatic rings. The van der Waals surface area contributed by atoms with Gasteiger partial charge in [-0.25, -0.2) is 9.78 Å². The summed E-state index contributed by atoms with van der Waals surface area (Å²) in [5, 5.41) is 2.63. The summed E-state index contributed by atoms with van der Waals surface area (Å²) in [6.07, 6.45) is 1.12. The average Bonchev–Trinajstić information content (AvgIpc) is 2.45. The van der Waals surface area contributed by atoms with Crippen LogP contribution in [0.25, 0.3) is 11.1 Å². The molecule has 0 atom stereocenters. The van der Waals surface area contributed by atoms with E-state index in [0.717, 1.165) is 16.9 Å². The molecule has 1 aromatic carbocycles. The number of hydrogen-bond donors (Lipinski definition) is 1. The predicted molar refractivity (Wildman–Crippen MR) is 86.1 cm³/mol. The lowest BCUT2D eigenvalue weighted by Gasteiger charge is -2.19. The van der Waals surface area contributed by atoms with E-state index >= 15 is 0 Å². The van der Waals surface area contributed by atoms with E-state index in [9.17, 15) is 4.79 Å². The number of rotatable bonds is 3. The molecule has 116 valence electrons. The van der Waals surface area contributed by atoms with Gasteiger partial charge in [0.25, 0.3) is 0 Å². The third-order valence-electron chi connectivity index (χ3n) is 2.79. The van der Waals surface area contributed by atoms with Gasteiger partial charge in [-0.2, -0.15) is 0 Å². The highest BCUT2D eigenvalue weighted by atomic mass is 16.6. The van der Waals surface area contributed by atoms with Gasteiger partial charge in [0.15, 0.2) is 0 Å². The van der Waals surface area contributed by atoms with Crippen LogP contribution in [0.5, 0.6) is 5.75 Å². The van der Waals surface area contributed by atoms with E-state index in [4.69, 9.17) is 9.47 Å². The number of anilines is 1. The topological polar surface area (TPSA) is 60.5 Å². The van der Waals surface area contributed by atoms with Gasteiger partial charge in [-0.15, -0.1) is 0 Å². The van der Waals surface area contributed by atoms with Crippen LogP contribution in [0.4, 0.5) is 10.6 Å². The first kappa shape index (κ1) is 15.8. The van der Waals surface area contributed by atoms with E-state index in [-0.39, 0.29) is 0 Å². The van der Waals surface area contributed by atoms with Gasteiger partial charge >= 0.3 is 6.09 Å². The fourth-order valence-electron chi connectivity index (χ4n) is 1.89. The number of pyridine rings is 1. The lowest BCUT2D eigenvalue weighted by Crippen LogP contribution is -2.27. The van der Waals surface area contributed by atoms with Crippen LogP contribution in [0, 0.1) is 0 Å². The van der Waals surface area contributed by atoms with Crippen LogP contribution >= 0.6 is 0 Å². The summed E-state index contributed by atoms with van der Waals surface area (Å²) in [5.41, 5.74) is 1.36. The molecule has 1 N–H and O–H groups in total. The number of hydrogen-bond acceptors (Lipinski definition) is 4. The Balaban J connectivity index is 2.18. The molecule has 0 radical (unpaired) electrons. The van der Waals surface area contributed by atoms with Gasteiger partial charge < -0.3 is 9.47 Å². The molecule has 1 aromatic heterocycles. The molecule has 0 fully saturated rings. The number of ether oxygens (including phenoxy) is 2. The normalized spacial score (nSPS) is 10.9. The third-order valence-corrected chi connectivity index (χ3v) is 2.79. The van der Waals surface area contributed by atoms with Crippen LogP contribution in [0.15, 0.2) is 42.6 Å². The second kappa shape index (κ2) is 6.47. The van der Waals surface area contributed by atoms with Gasteiger partial charge in [-0.3, -0.25) is 5.32 Å². The maximum Gasteiger partial charge on any atom is 0.413 e. The number of nitrogens with one attached hydrogen (secondary N) is 1. The van der Waals surface area contributed by atoms with Crippen LogP contribution in [0.2, 0.25) is 0 Å². The summed E-state index contributed by atoms with van der Waals surface area (Å²) in [5.74, 6) is 1.21. The third kappa shape index (κ3) is 4.48. The SMILES string of the molecule is COc1cccc(-c2ccnc(NC(=O)OC(C)(C)C)c2)c1. The number of methoxy groups -OCH3 is 1. The lowest BCUT2D eigenvalue weighted by atomic mass is 10.1. The minimum atomic E-state index is -0.547. The molecule has 0 aliphatic carbocycles. The Kier molecular flexibility index (Phi) is 4.65. The van der Waals surface area contributed by atoms with E-state index in [2.05, 4.69) is 10.3 Å². The highest BCUT2D eigenvalue weighted by Crippen LogP contribution is 2.25. The Morgan fingerprint density at radius 2 is 1.86 bits per heavy atom. The van der Waals surface area contributed by atoms with Crippen molar-refractivity contribution in [1.29, 1.82) is 0 Å². The monoisotopic (exact) mass is 300 g/mol. The first-order valence-corrected chi connectivity index (χ1v) is 6.98. The van der Waals surface area contributed by atoms with Gasteiger partial charge in [0.2, 0.25) is 0 Å². The van der Waals surface area contributed by atoms with Crippen molar-refractivity contribution in [2.45, 2.75) is 26.4 Å². The minimum absolute atomic E-state index is 0.439. The zero-order chi connectivity index (χ0) is 16.2. The number of benzene rings is 1. The highest BCUT2D eigenvalue weighted by Gasteiger charge is 2.16. The van der Waals surface area contributed by atoms with Crippen LogP contribution < -0.4 is 10.1 Å². The predicted octanol–water partition coefficient (Wildman–Crippen LogP) is 4.10. The molecular weight excluding hydrogens is 280 g/mol. The van der Waals surface area contributed by atoms with Crippen molar-refractivity contribution in [1.82, 2.24) is 4.98 Å². The number of amides is 1. The van der Waals surface area contributed by atoms with Crippen LogP contribution in [0.1, 0.15) is 20.8 Å². The van der Waals surface area contributed by atoms with Crippen LogP contribution in [-0.2, 0) is 4.74 Å². The Bertz CT molecular complexity index is 663. The van der Waals surface area contributed by atoms with E-state index < -0.39 is 11.7 Å². The zero-order valence-corrected chi connectivity index (χ0v) is 13.2. The first-order valence-electron chi connectivity index (χ1n) is 6.98. The molecule has 0 saturated carbocycles. The molecule has 5 nitrogen and oxygen atoms in total. The zero-order valence-electron chi connectivity index (χ0n) is 13.2. The Hall–Kier alpha value is -2.56. The summed E-state index contributed by atoms with van der Waals surface area (Å²) < 4.78 is 10.4. The molecule has 1 amide bonds. The number of aromatic nitrogens is 1. The van der Waals surface area contributed by atoms with Crippen LogP contribution in [0.3, 0.4) is 0 Å². The summed E-state index contributed by atoms with van der Waals surface area (Å²) in [6.45, 7) is 5.44. The average molecular weight is 300 g/mol. The van der Waals surface area contributed by atoms with Crippen molar-refractivity contribution in [3.63, 3.8) is 0 Å². The number of carbonyl (C=O) groups is 1. The second-order valence-corrected chi connectivity index (χ2v) is 5.79. The summed E-state index contributed by atoms with van der Waals surface area (Å²) in [4.78, 5) is 15.9. The molecule has 0 aliphatic heterocycles. The Morgan fingerprint density at radius 3 is 2.55 bits per heavy atom. The largest absolute Gasteiger partial charge is 0.497 e. The maximum atomic E-state index is 11.8. The van der Waals surface area contributed by atoms with E-state index in [0.29, 0.717) is 5.82 Å². The van der Waals surface area contributed by atoms with E-state index in [1.165, 1.54) is 0 Å². The van der Waals surface area contributed by atoms with Gasteiger partial charge in [-0.05, 0) is 56.2 Å². The van der Waals surface area contributed by atoms with E-state index in [1.54, 1.807) is 19.4 Å². The summed E-state index contributed by atoms with van der Waals surface area (Å²) in [6, 6.07) is 11.3. The van der Waals surface area contributed by atoms with Gasteiger partial charge in [0.1, 0.15) is 17.2 Å². The number of carbonyl (C=O) groups excluding carboxylic acids is 1. The Morgan fingerprint density at radius 1 is 1.14 bits per heavy atom. The molecule has 0 saturated heterocycles. The van der Waals surface area contributed by atoms with Crippen molar-refractivity contribution in [3.05, 3.63) is 42.6 Å². The van der Waals surface area contributed by atoms with Crippen molar-refractivity contribution in [3.8, 4) is 16.9 Å². The summed E-state index contributed by atoms with van der Waals surface area (Å²) >= 11 is 0. The molecule has 0 aliphatic rings.